The highest BCUT2D eigenvalue weighted by molar-refractivity contribution is 6.75. The molecule has 0 aromatic heterocycles. The number of hydrogen-bond donors (Lipinski definition) is 2. The second-order valence-electron chi connectivity index (χ2n) is 30.8. The Hall–Kier alpha value is -1.83. The molecular formula is C71H126O15Si4. The minimum atomic E-state index is -2.51. The van der Waals surface area contributed by atoms with Crippen molar-refractivity contribution in [3.05, 3.63) is 41.5 Å². The topological polar surface area (TPSA) is 176 Å². The van der Waals surface area contributed by atoms with Gasteiger partial charge in [-0.3, -0.25) is 4.79 Å². The summed E-state index contributed by atoms with van der Waals surface area (Å²) in [6.45, 7) is 44.0. The Morgan fingerprint density at radius 1 is 0.678 bits per heavy atom. The first kappa shape index (κ1) is 75.5. The number of benzene rings is 1. The summed E-state index contributed by atoms with van der Waals surface area (Å²) in [7, 11) is -7.75. The summed E-state index contributed by atoms with van der Waals surface area (Å²) >= 11 is 0. The minimum Gasteiger partial charge on any atom is -0.497 e. The number of aliphatic hydroxyl groups is 2. The maximum Gasteiger partial charge on any atom is 0.338 e. The van der Waals surface area contributed by atoms with E-state index >= 15 is 0 Å². The van der Waals surface area contributed by atoms with Crippen LogP contribution in [-0.4, -0.2) is 149 Å². The summed E-state index contributed by atoms with van der Waals surface area (Å²) in [5, 5.41) is 26.8. The second-order valence-corrected chi connectivity index (χ2v) is 49.7. The van der Waals surface area contributed by atoms with Gasteiger partial charge < -0.3 is 61.1 Å². The van der Waals surface area contributed by atoms with Gasteiger partial charge in [0.1, 0.15) is 23.6 Å². The van der Waals surface area contributed by atoms with E-state index in [9.17, 15) is 19.8 Å². The van der Waals surface area contributed by atoms with Crippen LogP contribution >= 0.6 is 0 Å². The molecule has 18 atom stereocenters. The Morgan fingerprint density at radius 3 is 1.71 bits per heavy atom. The number of esters is 2. The van der Waals surface area contributed by atoms with E-state index in [1.165, 1.54) is 12.5 Å². The van der Waals surface area contributed by atoms with Crippen LogP contribution in [0.5, 0.6) is 5.75 Å². The molecule has 2 heterocycles. The van der Waals surface area contributed by atoms with Gasteiger partial charge in [-0.15, -0.1) is 0 Å². The maximum atomic E-state index is 14.9. The Morgan fingerprint density at radius 2 is 1.20 bits per heavy atom. The van der Waals surface area contributed by atoms with Gasteiger partial charge in [-0.1, -0.05) is 129 Å². The lowest BCUT2D eigenvalue weighted by Gasteiger charge is -2.60. The normalized spacial score (nSPS) is 34.2. The highest BCUT2D eigenvalue weighted by Crippen LogP contribution is 2.69. The van der Waals surface area contributed by atoms with Crippen LogP contribution in [0, 0.1) is 40.4 Å². The van der Waals surface area contributed by atoms with E-state index in [0.717, 1.165) is 99.3 Å². The molecule has 1 aromatic rings. The number of carbonyl (C=O) groups excluding carboxylic acids is 2. The van der Waals surface area contributed by atoms with Gasteiger partial charge in [0, 0.05) is 24.4 Å². The quantitative estimate of drug-likeness (QED) is 0.0422. The summed E-state index contributed by atoms with van der Waals surface area (Å²) in [5.41, 5.74) is -0.345. The molecule has 1 aromatic carbocycles. The van der Waals surface area contributed by atoms with E-state index in [2.05, 4.69) is 130 Å². The van der Waals surface area contributed by atoms with Gasteiger partial charge in [-0.2, -0.15) is 0 Å². The standard InChI is InChI=1S/C71H126O15Si4/c1-22-88(23-2,24-3)84-58-45-77-66(80-60-44-56-54-37-34-51-43-53(83-87(20,21)68(14,15)16)39-41-69(51,17)55(54)40-42-70(56,18)71(60,75)48(12)57(73)38-31-47(10)11)63(79-49(13)72)61(58)82-67-64(81-65(74)50-32-35-52(76-19)36-33-50)62(86-90(28-7,29-8)30-9)59(46-78-67)85-89(25-4,26-5)27-6/h32-36,47-48,53-64,66-67,73,75H,22-31,37-46H2,1-21H3/t48-,53+,54-,55+,56+,57?,58+,59-,60+,61+,62+,63-,64-,66+,67+,69+,70+,71-/m1/s1. The number of ether oxygens (including phenoxy) is 7. The number of rotatable bonds is 30. The maximum absolute atomic E-state index is 14.9. The molecule has 0 bridgehead atoms. The lowest BCUT2D eigenvalue weighted by molar-refractivity contribution is -0.343. The van der Waals surface area contributed by atoms with E-state index < -0.39 is 124 Å². The van der Waals surface area contributed by atoms with Crippen LogP contribution in [-0.2, 0) is 50.9 Å². The fourth-order valence-electron chi connectivity index (χ4n) is 17.2. The van der Waals surface area contributed by atoms with Crippen LogP contribution < -0.4 is 4.74 Å². The number of hydrogen-bond acceptors (Lipinski definition) is 15. The average molecular weight is 1330 g/mol. The predicted molar refractivity (Wildman–Crippen MR) is 367 cm³/mol. The van der Waals surface area contributed by atoms with Crippen molar-refractivity contribution >= 4 is 45.2 Å². The Labute approximate surface area is 549 Å². The van der Waals surface area contributed by atoms with E-state index in [0.29, 0.717) is 36.0 Å². The van der Waals surface area contributed by atoms with Gasteiger partial charge in [0.25, 0.3) is 0 Å². The van der Waals surface area contributed by atoms with Gasteiger partial charge in [0.15, 0.2) is 58.1 Å². The highest BCUT2D eigenvalue weighted by atomic mass is 28.4. The van der Waals surface area contributed by atoms with Gasteiger partial charge in [-0.05, 0) is 184 Å². The molecule has 3 saturated carbocycles. The van der Waals surface area contributed by atoms with Crippen molar-refractivity contribution < 1.29 is 70.7 Å². The second kappa shape index (κ2) is 30.7. The van der Waals surface area contributed by atoms with E-state index in [1.807, 2.05) is 6.92 Å². The third-order valence-electron chi connectivity index (χ3n) is 25.1. The molecule has 15 nitrogen and oxygen atoms in total. The van der Waals surface area contributed by atoms with Crippen LogP contribution in [0.3, 0.4) is 0 Å². The molecule has 516 valence electrons. The van der Waals surface area contributed by atoms with Crippen molar-refractivity contribution in [2.24, 2.45) is 40.4 Å². The molecule has 0 spiro atoms. The van der Waals surface area contributed by atoms with Crippen LogP contribution in [0.4, 0.5) is 0 Å². The summed E-state index contributed by atoms with van der Waals surface area (Å²) in [6.07, 6.45) is 0.466. The first-order chi connectivity index (χ1) is 42.3. The highest BCUT2D eigenvalue weighted by Gasteiger charge is 2.71. The summed E-state index contributed by atoms with van der Waals surface area (Å²) in [4.78, 5) is 28.8. The molecule has 90 heavy (non-hydrogen) atoms. The average Bonchev–Trinajstić information content (AvgIpc) is 1.47. The number of allylic oxidation sites excluding steroid dienone is 1. The third kappa shape index (κ3) is 15.4. The molecule has 0 radical (unpaired) electrons. The van der Waals surface area contributed by atoms with Crippen molar-refractivity contribution in [1.82, 2.24) is 0 Å². The third-order valence-corrected chi connectivity index (χ3v) is 43.6. The van der Waals surface area contributed by atoms with Crippen LogP contribution in [0.25, 0.3) is 0 Å². The van der Waals surface area contributed by atoms with Crippen molar-refractivity contribution in [1.29, 1.82) is 0 Å². The monoisotopic (exact) mass is 1330 g/mol. The SMILES string of the molecule is CC[Si](CC)(CC)O[C@@H]1[C@@H](OC(=O)c2ccc(OC)cc2)[C@H](O[C@@H]2[C@@H](OC(C)=O)[C@H](O[C@H]3C[C@H]4[C@@H]5CC=C6C[C@@H](O[Si](C)(C)C(C)(C)C)CC[C@]6(C)[C@H]5CC[C@]4(C)[C@@]3(O)[C@H](C)C(O)CCC(C)C)OC[C@@H]2O[Si](CC)(CC)CC)OC[C@H]1O[Si](CC)(CC)CC. The number of methoxy groups -OCH3 is 1. The van der Waals surface area contributed by atoms with Crippen LogP contribution in [0.1, 0.15) is 193 Å². The molecule has 2 saturated heterocycles. The Bertz CT molecular complexity index is 2470. The van der Waals surface area contributed by atoms with Crippen molar-refractivity contribution in [3.8, 4) is 5.75 Å². The van der Waals surface area contributed by atoms with Gasteiger partial charge in [-0.25, -0.2) is 4.79 Å². The molecule has 2 aliphatic heterocycles. The smallest absolute Gasteiger partial charge is 0.338 e. The first-order valence-corrected chi connectivity index (χ1v) is 46.2. The minimum absolute atomic E-state index is 0.00392. The lowest BCUT2D eigenvalue weighted by atomic mass is 9.46. The van der Waals surface area contributed by atoms with E-state index in [4.69, 9.17) is 50.9 Å². The fourth-order valence-corrected chi connectivity index (χ4v) is 27.2. The number of carbonyl (C=O) groups is 2. The zero-order valence-electron chi connectivity index (χ0n) is 60.0. The van der Waals surface area contributed by atoms with Crippen LogP contribution in [0.2, 0.25) is 72.5 Å². The van der Waals surface area contributed by atoms with Crippen molar-refractivity contribution in [3.63, 3.8) is 0 Å². The number of aliphatic hydroxyl groups excluding tert-OH is 1. The van der Waals surface area contributed by atoms with Crippen molar-refractivity contribution in [2.75, 3.05) is 20.3 Å². The fraction of sp³-hybridized carbons (Fsp3) is 0.859. The van der Waals surface area contributed by atoms with Crippen LogP contribution in [0.15, 0.2) is 35.9 Å². The zero-order valence-corrected chi connectivity index (χ0v) is 64.0. The van der Waals surface area contributed by atoms with Gasteiger partial charge >= 0.3 is 11.9 Å². The Balaban J connectivity index is 1.33. The van der Waals surface area contributed by atoms with Crippen molar-refractivity contribution in [2.45, 2.75) is 328 Å². The molecule has 6 aliphatic rings. The van der Waals surface area contributed by atoms with E-state index in [1.54, 1.807) is 31.4 Å². The lowest BCUT2D eigenvalue weighted by Crippen LogP contribution is -2.66. The summed E-state index contributed by atoms with van der Waals surface area (Å²) in [6, 6.07) is 14.5. The van der Waals surface area contributed by atoms with Gasteiger partial charge in [0.2, 0.25) is 0 Å². The summed E-state index contributed by atoms with van der Waals surface area (Å²) < 4.78 is 77.5. The molecule has 19 heteroatoms. The number of fused-ring (bicyclic) bond motifs is 5. The Kier molecular flexibility index (Phi) is 25.8. The molecule has 7 rings (SSSR count). The molecule has 2 N–H and O–H groups in total. The predicted octanol–water partition coefficient (Wildman–Crippen LogP) is 15.9. The summed E-state index contributed by atoms with van der Waals surface area (Å²) in [5.74, 6) is -0.104. The molecule has 1 unspecified atom stereocenters. The largest absolute Gasteiger partial charge is 0.497 e. The zero-order chi connectivity index (χ0) is 66.6. The van der Waals surface area contributed by atoms with E-state index in [-0.39, 0.29) is 41.6 Å². The molecule has 5 fully saturated rings. The molecule has 4 aliphatic carbocycles. The van der Waals surface area contributed by atoms with Gasteiger partial charge in [0.05, 0.1) is 50.3 Å². The molecule has 0 amide bonds. The first-order valence-electron chi connectivity index (χ1n) is 35.7. The molecular weight excluding hydrogens is 1210 g/mol.